The van der Waals surface area contributed by atoms with Crippen LogP contribution >= 0.6 is 11.8 Å². The number of rotatable bonds is 4. The first-order valence-electron chi connectivity index (χ1n) is 7.29. The highest BCUT2D eigenvalue weighted by atomic mass is 32.2. The first-order valence-corrected chi connectivity index (χ1v) is 8.10. The molecule has 0 radical (unpaired) electrons. The van der Waals surface area contributed by atoms with Crippen LogP contribution in [0.2, 0.25) is 0 Å². The first kappa shape index (κ1) is 17.4. The summed E-state index contributed by atoms with van der Waals surface area (Å²) >= 11 is 1.28. The zero-order valence-corrected chi connectivity index (χ0v) is 13.6. The van der Waals surface area contributed by atoms with Crippen LogP contribution in [0.4, 0.5) is 17.6 Å². The van der Waals surface area contributed by atoms with Gasteiger partial charge in [-0.25, -0.2) is 0 Å². The van der Waals surface area contributed by atoms with Crippen molar-refractivity contribution in [2.75, 3.05) is 0 Å². The second-order valence-corrected chi connectivity index (χ2v) is 6.26. The Hall–Kier alpha value is -2.47. The molecule has 128 valence electrons. The fourth-order valence-corrected chi connectivity index (χ4v) is 2.96. The second kappa shape index (κ2) is 7.19. The van der Waals surface area contributed by atoms with Crippen molar-refractivity contribution in [3.05, 3.63) is 83.4 Å². The lowest BCUT2D eigenvalue weighted by molar-refractivity contribution is -0.137. The summed E-state index contributed by atoms with van der Waals surface area (Å²) in [5.41, 5.74) is 0.866. The molecule has 0 aliphatic rings. The van der Waals surface area contributed by atoms with Gasteiger partial charge in [-0.05, 0) is 41.5 Å². The summed E-state index contributed by atoms with van der Waals surface area (Å²) < 4.78 is 55.4. The SMILES string of the molecule is Fc1ccc(Sc2cccc(/C=C/c3ccc(C(F)(F)F)cc3)c2)o1. The summed E-state index contributed by atoms with van der Waals surface area (Å²) in [5.74, 6) is 0. The van der Waals surface area contributed by atoms with Crippen LogP contribution in [-0.4, -0.2) is 0 Å². The average Bonchev–Trinajstić information content (AvgIpc) is 2.98. The van der Waals surface area contributed by atoms with Crippen molar-refractivity contribution in [3.63, 3.8) is 0 Å². The monoisotopic (exact) mass is 364 g/mol. The molecular formula is C19H12F4OS. The molecule has 3 rings (SSSR count). The molecule has 1 nitrogen and oxygen atoms in total. The average molecular weight is 364 g/mol. The van der Waals surface area contributed by atoms with Crippen molar-refractivity contribution in [2.24, 2.45) is 0 Å². The van der Waals surface area contributed by atoms with E-state index in [4.69, 9.17) is 4.42 Å². The first-order chi connectivity index (χ1) is 11.9. The standard InChI is InChI=1S/C19H12F4OS/c20-17-10-11-18(24-17)25-16-3-1-2-14(12-16)5-4-13-6-8-15(9-7-13)19(21,22)23/h1-12H/b5-4+. The Morgan fingerprint density at radius 3 is 2.20 bits per heavy atom. The minimum Gasteiger partial charge on any atom is -0.424 e. The molecule has 6 heteroatoms. The Morgan fingerprint density at radius 1 is 0.840 bits per heavy atom. The molecule has 0 spiro atoms. The molecule has 0 aliphatic heterocycles. The lowest BCUT2D eigenvalue weighted by Crippen LogP contribution is -2.03. The lowest BCUT2D eigenvalue weighted by Gasteiger charge is -2.06. The van der Waals surface area contributed by atoms with E-state index in [-0.39, 0.29) is 0 Å². The number of hydrogen-bond donors (Lipinski definition) is 0. The molecule has 1 heterocycles. The van der Waals surface area contributed by atoms with E-state index in [2.05, 4.69) is 0 Å². The zero-order chi connectivity index (χ0) is 17.9. The van der Waals surface area contributed by atoms with Crippen LogP contribution < -0.4 is 0 Å². The molecule has 3 aromatic rings. The number of alkyl halides is 3. The summed E-state index contributed by atoms with van der Waals surface area (Å²) in [4.78, 5) is 0.865. The van der Waals surface area contributed by atoms with Gasteiger partial charge in [-0.2, -0.15) is 17.6 Å². The number of hydrogen-bond acceptors (Lipinski definition) is 2. The van der Waals surface area contributed by atoms with Crippen LogP contribution in [0.5, 0.6) is 0 Å². The smallest absolute Gasteiger partial charge is 0.416 e. The Labute approximate surface area is 146 Å². The quantitative estimate of drug-likeness (QED) is 0.375. The van der Waals surface area contributed by atoms with E-state index in [1.54, 1.807) is 18.2 Å². The third-order valence-corrected chi connectivity index (χ3v) is 4.24. The maximum Gasteiger partial charge on any atom is 0.416 e. The maximum absolute atomic E-state index is 12.9. The van der Waals surface area contributed by atoms with E-state index in [1.807, 2.05) is 24.3 Å². The van der Waals surface area contributed by atoms with Gasteiger partial charge in [-0.15, -0.1) is 0 Å². The highest BCUT2D eigenvalue weighted by Crippen LogP contribution is 2.30. The zero-order valence-electron chi connectivity index (χ0n) is 12.8. The van der Waals surface area contributed by atoms with Gasteiger partial charge < -0.3 is 4.42 Å². The van der Waals surface area contributed by atoms with Crippen molar-refractivity contribution in [3.8, 4) is 0 Å². The predicted molar refractivity (Wildman–Crippen MR) is 89.6 cm³/mol. The molecule has 0 saturated heterocycles. The Morgan fingerprint density at radius 2 is 1.56 bits per heavy atom. The van der Waals surface area contributed by atoms with Gasteiger partial charge in [0, 0.05) is 11.0 Å². The van der Waals surface area contributed by atoms with Gasteiger partial charge >= 0.3 is 6.18 Å². The fraction of sp³-hybridized carbons (Fsp3) is 0.0526. The normalized spacial score (nSPS) is 12.0. The molecule has 0 aliphatic carbocycles. The molecular weight excluding hydrogens is 352 g/mol. The fourth-order valence-electron chi connectivity index (χ4n) is 2.13. The van der Waals surface area contributed by atoms with E-state index in [0.29, 0.717) is 10.7 Å². The van der Waals surface area contributed by atoms with Crippen molar-refractivity contribution >= 4 is 23.9 Å². The highest BCUT2D eigenvalue weighted by Gasteiger charge is 2.29. The molecule has 0 fully saturated rings. The number of halogens is 4. The van der Waals surface area contributed by atoms with Gasteiger partial charge in [0.1, 0.15) is 0 Å². The third kappa shape index (κ3) is 4.76. The van der Waals surface area contributed by atoms with Crippen LogP contribution in [0.3, 0.4) is 0 Å². The largest absolute Gasteiger partial charge is 0.424 e. The molecule has 0 atom stereocenters. The van der Waals surface area contributed by atoms with Gasteiger partial charge in [0.2, 0.25) is 0 Å². The highest BCUT2D eigenvalue weighted by molar-refractivity contribution is 7.99. The van der Waals surface area contributed by atoms with E-state index >= 15 is 0 Å². The number of benzene rings is 2. The topological polar surface area (TPSA) is 13.1 Å². The van der Waals surface area contributed by atoms with Crippen LogP contribution in [0.1, 0.15) is 16.7 Å². The van der Waals surface area contributed by atoms with Gasteiger partial charge in [0.15, 0.2) is 5.09 Å². The third-order valence-electron chi connectivity index (χ3n) is 3.33. The second-order valence-electron chi connectivity index (χ2n) is 5.19. The molecule has 2 aromatic carbocycles. The van der Waals surface area contributed by atoms with Crippen LogP contribution in [0, 0.1) is 6.01 Å². The van der Waals surface area contributed by atoms with Gasteiger partial charge in [-0.3, -0.25) is 0 Å². The summed E-state index contributed by atoms with van der Waals surface area (Å²) in [6.07, 6.45) is -0.801. The summed E-state index contributed by atoms with van der Waals surface area (Å²) in [5, 5.41) is 0.446. The van der Waals surface area contributed by atoms with E-state index in [9.17, 15) is 17.6 Å². The van der Waals surface area contributed by atoms with Crippen molar-refractivity contribution in [1.82, 2.24) is 0 Å². The summed E-state index contributed by atoms with van der Waals surface area (Å²) in [7, 11) is 0. The van der Waals surface area contributed by atoms with E-state index in [1.165, 1.54) is 30.0 Å². The minimum absolute atomic E-state index is 0.446. The maximum atomic E-state index is 12.9. The summed E-state index contributed by atoms with van der Waals surface area (Å²) in [6, 6.07) is 14.6. The van der Waals surface area contributed by atoms with Crippen molar-refractivity contribution in [1.29, 1.82) is 0 Å². The van der Waals surface area contributed by atoms with Crippen LogP contribution in [-0.2, 0) is 6.18 Å². The molecule has 25 heavy (non-hydrogen) atoms. The molecule has 0 amide bonds. The van der Waals surface area contributed by atoms with Crippen molar-refractivity contribution in [2.45, 2.75) is 16.2 Å². The Bertz CT molecular complexity index is 879. The Balaban J connectivity index is 1.72. The molecule has 0 saturated carbocycles. The molecule has 0 bridgehead atoms. The lowest BCUT2D eigenvalue weighted by atomic mass is 10.1. The predicted octanol–water partition coefficient (Wildman–Crippen LogP) is 6.76. The summed E-state index contributed by atoms with van der Waals surface area (Å²) in [6.45, 7) is 0. The molecule has 0 N–H and O–H groups in total. The van der Waals surface area contributed by atoms with Crippen LogP contribution in [0.25, 0.3) is 12.2 Å². The molecule has 1 aromatic heterocycles. The van der Waals surface area contributed by atoms with Gasteiger partial charge in [0.05, 0.1) is 5.56 Å². The van der Waals surface area contributed by atoms with Gasteiger partial charge in [-0.1, -0.05) is 48.2 Å². The number of furan rings is 1. The molecule has 0 unspecified atom stereocenters. The van der Waals surface area contributed by atoms with Gasteiger partial charge in [0.25, 0.3) is 6.01 Å². The van der Waals surface area contributed by atoms with E-state index < -0.39 is 17.8 Å². The van der Waals surface area contributed by atoms with Crippen molar-refractivity contribution < 1.29 is 22.0 Å². The minimum atomic E-state index is -4.33. The Kier molecular flexibility index (Phi) is 4.99. The van der Waals surface area contributed by atoms with E-state index in [0.717, 1.165) is 22.6 Å². The van der Waals surface area contributed by atoms with Crippen LogP contribution in [0.15, 0.2) is 75.1 Å².